The highest BCUT2D eigenvalue weighted by Gasteiger charge is 2.08. The largest absolute Gasteiger partial charge is 0.352 e. The molecule has 0 aromatic heterocycles. The van der Waals surface area contributed by atoms with Crippen molar-refractivity contribution < 1.29 is 4.79 Å². The molecule has 0 aliphatic carbocycles. The van der Waals surface area contributed by atoms with Gasteiger partial charge in [0.15, 0.2) is 0 Å². The number of hydrogen-bond donors (Lipinski definition) is 2. The van der Waals surface area contributed by atoms with Gasteiger partial charge in [-0.3, -0.25) is 0 Å². The molecule has 16 heavy (non-hydrogen) atoms. The number of benzene rings is 1. The van der Waals surface area contributed by atoms with E-state index >= 15 is 0 Å². The van der Waals surface area contributed by atoms with Gasteiger partial charge in [0.25, 0.3) is 0 Å². The van der Waals surface area contributed by atoms with Crippen LogP contribution in [-0.2, 0) is 6.42 Å². The molecule has 1 aromatic carbocycles. The Morgan fingerprint density at radius 1 is 1.19 bits per heavy atom. The Balaban J connectivity index is 2.90. The zero-order valence-electron chi connectivity index (χ0n) is 10.5. The summed E-state index contributed by atoms with van der Waals surface area (Å²) in [5.41, 5.74) is 11.6. The van der Waals surface area contributed by atoms with Crippen LogP contribution in [0.4, 0.5) is 4.79 Å². The van der Waals surface area contributed by atoms with Crippen molar-refractivity contribution in [2.24, 2.45) is 5.73 Å². The third-order valence-electron chi connectivity index (χ3n) is 3.20. The van der Waals surface area contributed by atoms with Gasteiger partial charge in [-0.25, -0.2) is 4.79 Å². The Bertz CT molecular complexity index is 385. The first kappa shape index (κ1) is 12.6. The van der Waals surface area contributed by atoms with Crippen LogP contribution in [0.1, 0.15) is 27.8 Å². The molecule has 2 amide bonds. The Hall–Kier alpha value is -1.51. The van der Waals surface area contributed by atoms with Crippen LogP contribution in [-0.4, -0.2) is 12.6 Å². The maximum atomic E-state index is 10.6. The topological polar surface area (TPSA) is 55.1 Å². The Morgan fingerprint density at radius 2 is 1.69 bits per heavy atom. The minimum atomic E-state index is -0.459. The SMILES string of the molecule is Cc1cc(C)c(C)c(CCNC(N)=O)c1C. The molecule has 0 fully saturated rings. The van der Waals surface area contributed by atoms with Crippen LogP contribution in [0.5, 0.6) is 0 Å². The molecule has 0 radical (unpaired) electrons. The van der Waals surface area contributed by atoms with E-state index in [2.05, 4.69) is 39.1 Å². The predicted octanol–water partition coefficient (Wildman–Crippen LogP) is 2.13. The van der Waals surface area contributed by atoms with Crippen LogP contribution in [0.15, 0.2) is 6.07 Å². The van der Waals surface area contributed by atoms with Crippen molar-refractivity contribution in [3.63, 3.8) is 0 Å². The molecule has 0 aliphatic heterocycles. The second kappa shape index (κ2) is 5.01. The smallest absolute Gasteiger partial charge is 0.312 e. The summed E-state index contributed by atoms with van der Waals surface area (Å²) in [6.45, 7) is 9.09. The number of carbonyl (C=O) groups is 1. The maximum absolute atomic E-state index is 10.6. The van der Waals surface area contributed by atoms with Crippen LogP contribution in [0, 0.1) is 27.7 Å². The van der Waals surface area contributed by atoms with Gasteiger partial charge in [-0.15, -0.1) is 0 Å². The van der Waals surface area contributed by atoms with Gasteiger partial charge in [0, 0.05) is 6.54 Å². The van der Waals surface area contributed by atoms with Crippen LogP contribution < -0.4 is 11.1 Å². The predicted molar refractivity (Wildman–Crippen MR) is 66.7 cm³/mol. The van der Waals surface area contributed by atoms with Gasteiger partial charge in [0.2, 0.25) is 0 Å². The van der Waals surface area contributed by atoms with Crippen LogP contribution in [0.3, 0.4) is 0 Å². The van der Waals surface area contributed by atoms with E-state index in [0.717, 1.165) is 6.42 Å². The van der Waals surface area contributed by atoms with E-state index in [1.165, 1.54) is 27.8 Å². The molecule has 3 heteroatoms. The minimum absolute atomic E-state index is 0.459. The Morgan fingerprint density at radius 3 is 2.12 bits per heavy atom. The van der Waals surface area contributed by atoms with Crippen molar-refractivity contribution >= 4 is 6.03 Å². The summed E-state index contributed by atoms with van der Waals surface area (Å²) in [5, 5.41) is 2.63. The standard InChI is InChI=1S/C13H20N2O/c1-8-7-9(2)11(4)12(10(8)3)5-6-15-13(14)16/h7H,5-6H2,1-4H3,(H3,14,15,16). The average Bonchev–Trinajstić information content (AvgIpc) is 2.20. The van der Waals surface area contributed by atoms with E-state index in [-0.39, 0.29) is 0 Å². The molecule has 0 saturated heterocycles. The maximum Gasteiger partial charge on any atom is 0.312 e. The van der Waals surface area contributed by atoms with Gasteiger partial charge in [0.1, 0.15) is 0 Å². The van der Waals surface area contributed by atoms with Crippen LogP contribution in [0.2, 0.25) is 0 Å². The van der Waals surface area contributed by atoms with Crippen molar-refractivity contribution in [3.8, 4) is 0 Å². The highest BCUT2D eigenvalue weighted by molar-refractivity contribution is 5.71. The zero-order valence-corrected chi connectivity index (χ0v) is 10.5. The van der Waals surface area contributed by atoms with Gasteiger partial charge < -0.3 is 11.1 Å². The molecule has 0 aliphatic rings. The van der Waals surface area contributed by atoms with Crippen molar-refractivity contribution in [2.75, 3.05) is 6.54 Å². The second-order valence-electron chi connectivity index (χ2n) is 4.28. The number of rotatable bonds is 3. The number of amides is 2. The highest BCUT2D eigenvalue weighted by atomic mass is 16.2. The first-order valence-corrected chi connectivity index (χ1v) is 5.53. The molecule has 3 N–H and O–H groups in total. The first-order valence-electron chi connectivity index (χ1n) is 5.53. The van der Waals surface area contributed by atoms with Gasteiger partial charge >= 0.3 is 6.03 Å². The summed E-state index contributed by atoms with van der Waals surface area (Å²) in [6.07, 6.45) is 0.836. The number of urea groups is 1. The number of primary amides is 1. The van der Waals surface area contributed by atoms with E-state index in [1.807, 2.05) is 0 Å². The third kappa shape index (κ3) is 2.75. The molecule has 0 heterocycles. The van der Waals surface area contributed by atoms with E-state index in [0.29, 0.717) is 6.54 Å². The third-order valence-corrected chi connectivity index (χ3v) is 3.20. The molecule has 0 unspecified atom stereocenters. The van der Waals surface area contributed by atoms with Crippen molar-refractivity contribution in [3.05, 3.63) is 33.9 Å². The quantitative estimate of drug-likeness (QED) is 0.805. The summed E-state index contributed by atoms with van der Waals surface area (Å²) in [4.78, 5) is 10.6. The zero-order chi connectivity index (χ0) is 12.3. The molecule has 0 spiro atoms. The van der Waals surface area contributed by atoms with E-state index in [1.54, 1.807) is 0 Å². The molecular weight excluding hydrogens is 200 g/mol. The molecule has 0 saturated carbocycles. The Kier molecular flexibility index (Phi) is 3.93. The first-order chi connectivity index (χ1) is 7.43. The molecule has 88 valence electrons. The molecule has 1 rings (SSSR count). The second-order valence-corrected chi connectivity index (χ2v) is 4.28. The number of nitrogens with two attached hydrogens (primary N) is 1. The fraction of sp³-hybridized carbons (Fsp3) is 0.462. The number of hydrogen-bond acceptors (Lipinski definition) is 1. The lowest BCUT2D eigenvalue weighted by Gasteiger charge is -2.15. The number of aryl methyl sites for hydroxylation is 2. The number of carbonyl (C=O) groups excluding carboxylic acids is 1. The lowest BCUT2D eigenvalue weighted by molar-refractivity contribution is 0.249. The number of nitrogens with one attached hydrogen (secondary N) is 1. The minimum Gasteiger partial charge on any atom is -0.352 e. The highest BCUT2D eigenvalue weighted by Crippen LogP contribution is 2.21. The summed E-state index contributed by atoms with van der Waals surface area (Å²) < 4.78 is 0. The summed E-state index contributed by atoms with van der Waals surface area (Å²) in [7, 11) is 0. The summed E-state index contributed by atoms with van der Waals surface area (Å²) in [6, 6.07) is 1.75. The van der Waals surface area contributed by atoms with E-state index < -0.39 is 6.03 Å². The lowest BCUT2D eigenvalue weighted by atomic mass is 9.92. The normalized spacial score (nSPS) is 10.2. The monoisotopic (exact) mass is 220 g/mol. The van der Waals surface area contributed by atoms with E-state index in [4.69, 9.17) is 5.73 Å². The van der Waals surface area contributed by atoms with Crippen LogP contribution >= 0.6 is 0 Å². The van der Waals surface area contributed by atoms with E-state index in [9.17, 15) is 4.79 Å². The molecular formula is C13H20N2O. The van der Waals surface area contributed by atoms with Gasteiger partial charge in [-0.2, -0.15) is 0 Å². The Labute approximate surface area is 97.0 Å². The summed E-state index contributed by atoms with van der Waals surface area (Å²) >= 11 is 0. The van der Waals surface area contributed by atoms with Gasteiger partial charge in [0.05, 0.1) is 0 Å². The fourth-order valence-corrected chi connectivity index (χ4v) is 1.98. The lowest BCUT2D eigenvalue weighted by Crippen LogP contribution is -2.31. The van der Waals surface area contributed by atoms with Gasteiger partial charge in [-0.1, -0.05) is 6.07 Å². The van der Waals surface area contributed by atoms with Crippen LogP contribution in [0.25, 0.3) is 0 Å². The van der Waals surface area contributed by atoms with Gasteiger partial charge in [-0.05, 0) is 61.9 Å². The summed E-state index contributed by atoms with van der Waals surface area (Å²) in [5.74, 6) is 0. The fourth-order valence-electron chi connectivity index (χ4n) is 1.98. The molecule has 0 bridgehead atoms. The van der Waals surface area contributed by atoms with Crippen molar-refractivity contribution in [2.45, 2.75) is 34.1 Å². The molecule has 1 aromatic rings. The molecule has 3 nitrogen and oxygen atoms in total. The van der Waals surface area contributed by atoms with Crippen molar-refractivity contribution in [1.29, 1.82) is 0 Å². The van der Waals surface area contributed by atoms with Crippen molar-refractivity contribution in [1.82, 2.24) is 5.32 Å². The molecule has 0 atom stereocenters. The average molecular weight is 220 g/mol.